The average molecular weight is 236 g/mol. The standard InChI is InChI=1S/C14H24N2O/c1-4-8-16-13(14(5-2)17-3)11-12-6-9-15-10-7-12/h6-7,9-10,13-14,16H,4-5,8,11H2,1-3H3. The number of rotatable bonds is 8. The lowest BCUT2D eigenvalue weighted by Crippen LogP contribution is -2.42. The van der Waals surface area contributed by atoms with Crippen molar-refractivity contribution in [2.24, 2.45) is 0 Å². The van der Waals surface area contributed by atoms with Crippen LogP contribution in [0.15, 0.2) is 24.5 Å². The Hall–Kier alpha value is -0.930. The molecule has 2 unspecified atom stereocenters. The molecule has 96 valence electrons. The lowest BCUT2D eigenvalue weighted by Gasteiger charge is -2.26. The summed E-state index contributed by atoms with van der Waals surface area (Å²) >= 11 is 0. The van der Waals surface area contributed by atoms with Crippen molar-refractivity contribution in [3.63, 3.8) is 0 Å². The highest BCUT2D eigenvalue weighted by molar-refractivity contribution is 5.12. The topological polar surface area (TPSA) is 34.2 Å². The van der Waals surface area contributed by atoms with Crippen LogP contribution in [0.2, 0.25) is 0 Å². The van der Waals surface area contributed by atoms with Gasteiger partial charge < -0.3 is 10.1 Å². The van der Waals surface area contributed by atoms with Gasteiger partial charge in [-0.3, -0.25) is 4.98 Å². The number of pyridine rings is 1. The first kappa shape index (κ1) is 14.1. The van der Waals surface area contributed by atoms with Crippen molar-refractivity contribution >= 4 is 0 Å². The number of hydrogen-bond acceptors (Lipinski definition) is 3. The molecule has 0 aliphatic rings. The zero-order valence-electron chi connectivity index (χ0n) is 11.1. The summed E-state index contributed by atoms with van der Waals surface area (Å²) in [7, 11) is 1.79. The highest BCUT2D eigenvalue weighted by Gasteiger charge is 2.19. The molecule has 0 bridgehead atoms. The number of methoxy groups -OCH3 is 1. The van der Waals surface area contributed by atoms with Crippen LogP contribution < -0.4 is 5.32 Å². The molecule has 1 aromatic rings. The molecular weight excluding hydrogens is 212 g/mol. The van der Waals surface area contributed by atoms with Crippen molar-refractivity contribution in [2.45, 2.75) is 45.3 Å². The molecule has 0 aliphatic heterocycles. The monoisotopic (exact) mass is 236 g/mol. The summed E-state index contributed by atoms with van der Waals surface area (Å²) in [5.41, 5.74) is 1.31. The van der Waals surface area contributed by atoms with E-state index < -0.39 is 0 Å². The van der Waals surface area contributed by atoms with Gasteiger partial charge in [-0.05, 0) is 43.5 Å². The summed E-state index contributed by atoms with van der Waals surface area (Å²) in [5, 5.41) is 3.57. The molecule has 0 saturated carbocycles. The Kier molecular flexibility index (Phi) is 6.82. The molecule has 2 atom stereocenters. The normalized spacial score (nSPS) is 14.5. The average Bonchev–Trinajstić information content (AvgIpc) is 2.38. The van der Waals surface area contributed by atoms with Gasteiger partial charge in [0.2, 0.25) is 0 Å². The predicted molar refractivity (Wildman–Crippen MR) is 71.1 cm³/mol. The maximum Gasteiger partial charge on any atom is 0.0724 e. The lowest BCUT2D eigenvalue weighted by molar-refractivity contribution is 0.0653. The van der Waals surface area contributed by atoms with Crippen LogP contribution in [-0.2, 0) is 11.2 Å². The number of nitrogens with zero attached hydrogens (tertiary/aromatic N) is 1. The van der Waals surface area contributed by atoms with E-state index in [0.717, 1.165) is 25.8 Å². The van der Waals surface area contributed by atoms with Gasteiger partial charge in [-0.15, -0.1) is 0 Å². The first-order chi connectivity index (χ1) is 8.31. The molecule has 1 N–H and O–H groups in total. The third-order valence-corrected chi connectivity index (χ3v) is 3.02. The predicted octanol–water partition coefficient (Wildman–Crippen LogP) is 2.42. The lowest BCUT2D eigenvalue weighted by atomic mass is 10.00. The molecular formula is C14H24N2O. The minimum absolute atomic E-state index is 0.273. The van der Waals surface area contributed by atoms with Crippen LogP contribution in [0.1, 0.15) is 32.3 Å². The fourth-order valence-corrected chi connectivity index (χ4v) is 2.05. The van der Waals surface area contributed by atoms with Crippen LogP contribution >= 0.6 is 0 Å². The number of aromatic nitrogens is 1. The molecule has 1 heterocycles. The molecule has 0 fully saturated rings. The molecule has 0 radical (unpaired) electrons. The first-order valence-corrected chi connectivity index (χ1v) is 6.46. The van der Waals surface area contributed by atoms with Crippen LogP contribution in [0.25, 0.3) is 0 Å². The van der Waals surface area contributed by atoms with Crippen molar-refractivity contribution in [3.8, 4) is 0 Å². The first-order valence-electron chi connectivity index (χ1n) is 6.46. The van der Waals surface area contributed by atoms with Crippen LogP contribution in [0.3, 0.4) is 0 Å². The van der Waals surface area contributed by atoms with Gasteiger partial charge >= 0.3 is 0 Å². The van der Waals surface area contributed by atoms with E-state index in [0.29, 0.717) is 6.04 Å². The Bertz CT molecular complexity index is 286. The zero-order valence-corrected chi connectivity index (χ0v) is 11.1. The Labute approximate surface area is 105 Å². The van der Waals surface area contributed by atoms with Crippen LogP contribution in [0, 0.1) is 0 Å². The quantitative estimate of drug-likeness (QED) is 0.752. The van der Waals surface area contributed by atoms with Gasteiger partial charge in [0.1, 0.15) is 0 Å². The smallest absolute Gasteiger partial charge is 0.0724 e. The summed E-state index contributed by atoms with van der Waals surface area (Å²) in [4.78, 5) is 4.05. The Morgan fingerprint density at radius 3 is 2.53 bits per heavy atom. The van der Waals surface area contributed by atoms with Gasteiger partial charge in [0.25, 0.3) is 0 Å². The fourth-order valence-electron chi connectivity index (χ4n) is 2.05. The molecule has 0 amide bonds. The third kappa shape index (κ3) is 4.84. The summed E-state index contributed by atoms with van der Waals surface area (Å²) in [6, 6.07) is 4.53. The zero-order chi connectivity index (χ0) is 12.5. The SMILES string of the molecule is CCCNC(Cc1ccncc1)C(CC)OC. The van der Waals surface area contributed by atoms with Crippen molar-refractivity contribution < 1.29 is 4.74 Å². The van der Waals surface area contributed by atoms with E-state index in [2.05, 4.69) is 36.3 Å². The van der Waals surface area contributed by atoms with Gasteiger partial charge in [0.15, 0.2) is 0 Å². The molecule has 3 heteroatoms. The Balaban J connectivity index is 2.62. The fraction of sp³-hybridized carbons (Fsp3) is 0.643. The highest BCUT2D eigenvalue weighted by Crippen LogP contribution is 2.10. The molecule has 0 aromatic carbocycles. The molecule has 0 saturated heterocycles. The van der Waals surface area contributed by atoms with Crippen molar-refractivity contribution in [1.82, 2.24) is 10.3 Å². The summed E-state index contributed by atoms with van der Waals surface area (Å²) in [6.45, 7) is 5.39. The summed E-state index contributed by atoms with van der Waals surface area (Å²) < 4.78 is 5.55. The van der Waals surface area contributed by atoms with E-state index in [1.165, 1.54) is 5.56 Å². The van der Waals surface area contributed by atoms with Gasteiger partial charge in [0.05, 0.1) is 6.10 Å². The van der Waals surface area contributed by atoms with Crippen molar-refractivity contribution in [2.75, 3.05) is 13.7 Å². The van der Waals surface area contributed by atoms with Crippen LogP contribution in [-0.4, -0.2) is 30.8 Å². The molecule has 0 spiro atoms. The Morgan fingerprint density at radius 2 is 2.00 bits per heavy atom. The molecule has 17 heavy (non-hydrogen) atoms. The molecule has 1 rings (SSSR count). The van der Waals surface area contributed by atoms with E-state index in [-0.39, 0.29) is 6.10 Å². The minimum atomic E-state index is 0.273. The number of nitrogens with one attached hydrogen (secondary N) is 1. The van der Waals surface area contributed by atoms with Crippen molar-refractivity contribution in [3.05, 3.63) is 30.1 Å². The largest absolute Gasteiger partial charge is 0.380 e. The third-order valence-electron chi connectivity index (χ3n) is 3.02. The van der Waals surface area contributed by atoms with E-state index in [9.17, 15) is 0 Å². The van der Waals surface area contributed by atoms with Gasteiger partial charge in [0, 0.05) is 25.5 Å². The molecule has 1 aromatic heterocycles. The van der Waals surface area contributed by atoms with E-state index >= 15 is 0 Å². The summed E-state index contributed by atoms with van der Waals surface area (Å²) in [6.07, 6.45) is 7.14. The Morgan fingerprint density at radius 1 is 1.29 bits per heavy atom. The summed E-state index contributed by atoms with van der Waals surface area (Å²) in [5.74, 6) is 0. The second-order valence-electron chi connectivity index (χ2n) is 4.30. The maximum atomic E-state index is 5.55. The minimum Gasteiger partial charge on any atom is -0.380 e. The number of ether oxygens (including phenoxy) is 1. The van der Waals surface area contributed by atoms with Gasteiger partial charge in [-0.1, -0.05) is 13.8 Å². The number of hydrogen-bond donors (Lipinski definition) is 1. The second-order valence-corrected chi connectivity index (χ2v) is 4.30. The molecule has 3 nitrogen and oxygen atoms in total. The van der Waals surface area contributed by atoms with Crippen LogP contribution in [0.4, 0.5) is 0 Å². The maximum absolute atomic E-state index is 5.55. The highest BCUT2D eigenvalue weighted by atomic mass is 16.5. The van der Waals surface area contributed by atoms with E-state index in [1.54, 1.807) is 7.11 Å². The van der Waals surface area contributed by atoms with E-state index in [1.807, 2.05) is 12.4 Å². The van der Waals surface area contributed by atoms with E-state index in [4.69, 9.17) is 4.74 Å². The van der Waals surface area contributed by atoms with Crippen LogP contribution in [0.5, 0.6) is 0 Å². The van der Waals surface area contributed by atoms with Crippen molar-refractivity contribution in [1.29, 1.82) is 0 Å². The van der Waals surface area contributed by atoms with Gasteiger partial charge in [-0.25, -0.2) is 0 Å². The second kappa shape index (κ2) is 8.20. The van der Waals surface area contributed by atoms with Gasteiger partial charge in [-0.2, -0.15) is 0 Å². The molecule has 0 aliphatic carbocycles.